The van der Waals surface area contributed by atoms with Gasteiger partial charge < -0.3 is 14.7 Å². The van der Waals surface area contributed by atoms with Gasteiger partial charge in [0.1, 0.15) is 5.69 Å². The second-order valence-electron chi connectivity index (χ2n) is 4.05. The molecule has 1 fully saturated rings. The molecule has 19 heavy (non-hydrogen) atoms. The van der Waals surface area contributed by atoms with E-state index in [2.05, 4.69) is 4.98 Å². The Morgan fingerprint density at radius 3 is 2.63 bits per heavy atom. The number of nitrogens with zero attached hydrogens (tertiary/aromatic N) is 2. The van der Waals surface area contributed by atoms with Crippen LogP contribution in [0.4, 0.5) is 0 Å². The van der Waals surface area contributed by atoms with Crippen molar-refractivity contribution >= 4 is 18.0 Å². The third kappa shape index (κ3) is 3.62. The number of carbonyl (C=O) groups is 2. The monoisotopic (exact) mass is 262 g/mol. The van der Waals surface area contributed by atoms with Gasteiger partial charge in [-0.15, -0.1) is 0 Å². The zero-order valence-electron chi connectivity index (χ0n) is 10.3. The minimum Gasteiger partial charge on any atom is -0.478 e. The van der Waals surface area contributed by atoms with Crippen LogP contribution in [0.3, 0.4) is 0 Å². The molecule has 0 aliphatic carbocycles. The standard InChI is InChI=1S/C13H14N2O4/c16-12(17)4-2-10-1-3-11(14-9-10)13(18)15-5-7-19-8-6-15/h1-4,9H,5-8H2,(H,16,17). The zero-order chi connectivity index (χ0) is 13.7. The maximum Gasteiger partial charge on any atom is 0.328 e. The molecule has 1 aromatic heterocycles. The number of morpholine rings is 1. The molecule has 1 aromatic rings. The van der Waals surface area contributed by atoms with E-state index < -0.39 is 5.97 Å². The lowest BCUT2D eigenvalue weighted by atomic mass is 10.2. The van der Waals surface area contributed by atoms with Crippen LogP contribution in [0.5, 0.6) is 0 Å². The molecule has 100 valence electrons. The number of rotatable bonds is 3. The molecule has 1 aliphatic rings. The SMILES string of the molecule is O=C(O)C=Cc1ccc(C(=O)N2CCOCC2)nc1. The summed E-state index contributed by atoms with van der Waals surface area (Å²) in [6.07, 6.45) is 3.94. The Bertz CT molecular complexity index is 490. The van der Waals surface area contributed by atoms with Crippen LogP contribution in [0.1, 0.15) is 16.1 Å². The topological polar surface area (TPSA) is 79.7 Å². The first-order valence-corrected chi connectivity index (χ1v) is 5.91. The van der Waals surface area contributed by atoms with Crippen molar-refractivity contribution in [1.82, 2.24) is 9.88 Å². The summed E-state index contributed by atoms with van der Waals surface area (Å²) >= 11 is 0. The maximum absolute atomic E-state index is 12.1. The van der Waals surface area contributed by atoms with Crippen LogP contribution in [-0.4, -0.2) is 53.2 Å². The molecule has 2 heterocycles. The van der Waals surface area contributed by atoms with E-state index >= 15 is 0 Å². The third-order valence-electron chi connectivity index (χ3n) is 2.72. The van der Waals surface area contributed by atoms with Gasteiger partial charge in [-0.25, -0.2) is 4.79 Å². The van der Waals surface area contributed by atoms with Gasteiger partial charge in [0.25, 0.3) is 5.91 Å². The van der Waals surface area contributed by atoms with Gasteiger partial charge in [0.15, 0.2) is 0 Å². The fourth-order valence-electron chi connectivity index (χ4n) is 1.73. The average molecular weight is 262 g/mol. The molecule has 0 bridgehead atoms. The molecule has 1 saturated heterocycles. The highest BCUT2D eigenvalue weighted by atomic mass is 16.5. The van der Waals surface area contributed by atoms with Crippen molar-refractivity contribution in [3.8, 4) is 0 Å². The highest BCUT2D eigenvalue weighted by Gasteiger charge is 2.19. The molecule has 1 amide bonds. The van der Waals surface area contributed by atoms with Gasteiger partial charge in [-0.05, 0) is 17.7 Å². The molecule has 0 aromatic carbocycles. The quantitative estimate of drug-likeness (QED) is 0.809. The number of ether oxygens (including phenoxy) is 1. The summed E-state index contributed by atoms with van der Waals surface area (Å²) in [7, 11) is 0. The van der Waals surface area contributed by atoms with Crippen molar-refractivity contribution in [2.75, 3.05) is 26.3 Å². The molecular weight excluding hydrogens is 248 g/mol. The minimum atomic E-state index is -1.02. The van der Waals surface area contributed by atoms with Crippen LogP contribution in [0, 0.1) is 0 Å². The summed E-state index contributed by atoms with van der Waals surface area (Å²) < 4.78 is 5.18. The average Bonchev–Trinajstić information content (AvgIpc) is 2.46. The Morgan fingerprint density at radius 1 is 1.32 bits per heavy atom. The number of hydrogen-bond donors (Lipinski definition) is 1. The van der Waals surface area contributed by atoms with Gasteiger partial charge >= 0.3 is 5.97 Å². The Kier molecular flexibility index (Phi) is 4.25. The Morgan fingerprint density at radius 2 is 2.05 bits per heavy atom. The summed E-state index contributed by atoms with van der Waals surface area (Å²) in [5.41, 5.74) is 0.996. The molecule has 1 aliphatic heterocycles. The fourth-order valence-corrected chi connectivity index (χ4v) is 1.73. The molecule has 2 rings (SSSR count). The maximum atomic E-state index is 12.1. The van der Waals surface area contributed by atoms with Crippen molar-refractivity contribution in [1.29, 1.82) is 0 Å². The van der Waals surface area contributed by atoms with Gasteiger partial charge in [-0.1, -0.05) is 6.07 Å². The van der Waals surface area contributed by atoms with E-state index in [4.69, 9.17) is 9.84 Å². The van der Waals surface area contributed by atoms with Gasteiger partial charge in [0.2, 0.25) is 0 Å². The number of aromatic nitrogens is 1. The van der Waals surface area contributed by atoms with E-state index in [0.717, 1.165) is 6.08 Å². The predicted molar refractivity (Wildman–Crippen MR) is 67.6 cm³/mol. The van der Waals surface area contributed by atoms with E-state index in [0.29, 0.717) is 37.6 Å². The third-order valence-corrected chi connectivity index (χ3v) is 2.72. The van der Waals surface area contributed by atoms with Crippen LogP contribution < -0.4 is 0 Å². The van der Waals surface area contributed by atoms with Crippen molar-refractivity contribution < 1.29 is 19.4 Å². The highest BCUT2D eigenvalue weighted by Crippen LogP contribution is 2.07. The molecule has 1 N–H and O–H groups in total. The van der Waals surface area contributed by atoms with Gasteiger partial charge in [0, 0.05) is 25.4 Å². The fraction of sp³-hybridized carbons (Fsp3) is 0.308. The van der Waals surface area contributed by atoms with E-state index in [-0.39, 0.29) is 5.91 Å². The number of pyridine rings is 1. The Labute approximate surface area is 110 Å². The second-order valence-corrected chi connectivity index (χ2v) is 4.05. The number of amides is 1. The van der Waals surface area contributed by atoms with E-state index in [1.165, 1.54) is 12.3 Å². The Balaban J connectivity index is 2.05. The lowest BCUT2D eigenvalue weighted by Gasteiger charge is -2.26. The van der Waals surface area contributed by atoms with E-state index in [1.807, 2.05) is 0 Å². The highest BCUT2D eigenvalue weighted by molar-refractivity contribution is 5.92. The second kappa shape index (κ2) is 6.10. The predicted octanol–water partition coefficient (Wildman–Crippen LogP) is 0.652. The van der Waals surface area contributed by atoms with Gasteiger partial charge in [-0.3, -0.25) is 9.78 Å². The number of aliphatic carboxylic acids is 1. The van der Waals surface area contributed by atoms with E-state index in [9.17, 15) is 9.59 Å². The summed E-state index contributed by atoms with van der Waals surface area (Å²) in [5.74, 6) is -1.15. The lowest BCUT2D eigenvalue weighted by Crippen LogP contribution is -2.41. The zero-order valence-corrected chi connectivity index (χ0v) is 10.3. The van der Waals surface area contributed by atoms with Crippen molar-refractivity contribution in [3.05, 3.63) is 35.7 Å². The summed E-state index contributed by atoms with van der Waals surface area (Å²) in [4.78, 5) is 28.2. The molecule has 6 heteroatoms. The van der Waals surface area contributed by atoms with Crippen LogP contribution in [0.25, 0.3) is 6.08 Å². The van der Waals surface area contributed by atoms with Gasteiger partial charge in [-0.2, -0.15) is 0 Å². The van der Waals surface area contributed by atoms with Crippen LogP contribution in [0.15, 0.2) is 24.4 Å². The van der Waals surface area contributed by atoms with E-state index in [1.54, 1.807) is 17.0 Å². The molecule has 6 nitrogen and oxygen atoms in total. The Hall–Kier alpha value is -2.21. The molecule has 0 saturated carbocycles. The number of carboxylic acids is 1. The molecule has 0 radical (unpaired) electrons. The smallest absolute Gasteiger partial charge is 0.328 e. The largest absolute Gasteiger partial charge is 0.478 e. The molecular formula is C13H14N2O4. The van der Waals surface area contributed by atoms with Crippen molar-refractivity contribution in [2.45, 2.75) is 0 Å². The summed E-state index contributed by atoms with van der Waals surface area (Å²) in [6.45, 7) is 2.23. The number of carbonyl (C=O) groups excluding carboxylic acids is 1. The molecule has 0 spiro atoms. The summed E-state index contributed by atoms with van der Waals surface area (Å²) in [5, 5.41) is 8.51. The van der Waals surface area contributed by atoms with Crippen LogP contribution >= 0.6 is 0 Å². The summed E-state index contributed by atoms with van der Waals surface area (Å²) in [6, 6.07) is 3.26. The van der Waals surface area contributed by atoms with Crippen LogP contribution in [-0.2, 0) is 9.53 Å². The van der Waals surface area contributed by atoms with Crippen molar-refractivity contribution in [2.24, 2.45) is 0 Å². The van der Waals surface area contributed by atoms with Gasteiger partial charge in [0.05, 0.1) is 13.2 Å². The molecule has 0 atom stereocenters. The molecule has 0 unspecified atom stereocenters. The number of carboxylic acid groups (broad SMARTS) is 1. The minimum absolute atomic E-state index is 0.128. The first kappa shape index (κ1) is 13.2. The first-order chi connectivity index (χ1) is 9.16. The first-order valence-electron chi connectivity index (χ1n) is 5.91. The normalized spacial score (nSPS) is 15.7. The van der Waals surface area contributed by atoms with Crippen LogP contribution in [0.2, 0.25) is 0 Å². The lowest BCUT2D eigenvalue weighted by molar-refractivity contribution is -0.131. The number of hydrogen-bond acceptors (Lipinski definition) is 4. The van der Waals surface area contributed by atoms with Crippen molar-refractivity contribution in [3.63, 3.8) is 0 Å².